The molecule has 0 bridgehead atoms. The number of rotatable bonds is 4. The number of amides is 2. The van der Waals surface area contributed by atoms with Crippen molar-refractivity contribution in [1.82, 2.24) is 14.5 Å². The van der Waals surface area contributed by atoms with Crippen LogP contribution in [0.2, 0.25) is 0 Å². The maximum atomic E-state index is 13.7. The van der Waals surface area contributed by atoms with Crippen LogP contribution in [-0.2, 0) is 9.59 Å². The average molecular weight is 348 g/mol. The van der Waals surface area contributed by atoms with E-state index in [4.69, 9.17) is 0 Å². The lowest BCUT2D eigenvalue weighted by atomic mass is 10.2. The van der Waals surface area contributed by atoms with E-state index in [1.54, 1.807) is 42.3 Å². The molecule has 3 rings (SSSR count). The summed E-state index contributed by atoms with van der Waals surface area (Å²) in [7, 11) is 0. The molecule has 1 saturated heterocycles. The second-order valence-corrected chi connectivity index (χ2v) is 6.48. The highest BCUT2D eigenvalue weighted by molar-refractivity contribution is 7.99. The minimum atomic E-state index is -0.618. The van der Waals surface area contributed by atoms with E-state index >= 15 is 0 Å². The van der Waals surface area contributed by atoms with Crippen LogP contribution in [0, 0.1) is 5.82 Å². The number of imidazole rings is 1. The minimum Gasteiger partial charge on any atom is -0.325 e. The maximum Gasteiger partial charge on any atom is 0.248 e. The van der Waals surface area contributed by atoms with E-state index in [0.29, 0.717) is 11.6 Å². The molecule has 0 radical (unpaired) electrons. The van der Waals surface area contributed by atoms with Crippen molar-refractivity contribution >= 4 is 29.3 Å². The van der Waals surface area contributed by atoms with Gasteiger partial charge >= 0.3 is 0 Å². The first kappa shape index (κ1) is 16.5. The lowest BCUT2D eigenvalue weighted by Crippen LogP contribution is -2.46. The van der Waals surface area contributed by atoms with Gasteiger partial charge < -0.3 is 14.8 Å². The maximum absolute atomic E-state index is 13.7. The van der Waals surface area contributed by atoms with Crippen LogP contribution >= 0.6 is 11.8 Å². The van der Waals surface area contributed by atoms with Crippen LogP contribution in [0.4, 0.5) is 10.1 Å². The lowest BCUT2D eigenvalue weighted by Gasteiger charge is -2.26. The van der Waals surface area contributed by atoms with Crippen LogP contribution < -0.4 is 5.32 Å². The van der Waals surface area contributed by atoms with Crippen molar-refractivity contribution < 1.29 is 14.0 Å². The summed E-state index contributed by atoms with van der Waals surface area (Å²) in [5.74, 6) is -0.111. The SMILES string of the molecule is C[C@H](C(=O)N1CSC[C@@H]1C(=O)Nc1ccccc1F)n1ccnc1. The molecule has 0 spiro atoms. The summed E-state index contributed by atoms with van der Waals surface area (Å²) in [6, 6.07) is 4.91. The lowest BCUT2D eigenvalue weighted by molar-refractivity contribution is -0.138. The molecule has 24 heavy (non-hydrogen) atoms. The molecule has 1 aliphatic rings. The summed E-state index contributed by atoms with van der Waals surface area (Å²) >= 11 is 1.50. The number of hydrogen-bond acceptors (Lipinski definition) is 4. The first-order valence-corrected chi connectivity index (χ1v) is 8.64. The van der Waals surface area contributed by atoms with Crippen LogP contribution in [-0.4, -0.2) is 43.9 Å². The Morgan fingerprint density at radius 2 is 2.21 bits per heavy atom. The van der Waals surface area contributed by atoms with Gasteiger partial charge in [0.1, 0.15) is 17.9 Å². The smallest absolute Gasteiger partial charge is 0.248 e. The summed E-state index contributed by atoms with van der Waals surface area (Å²) in [6.45, 7) is 1.76. The van der Waals surface area contributed by atoms with Gasteiger partial charge in [-0.25, -0.2) is 9.37 Å². The Kier molecular flexibility index (Phi) is 4.84. The minimum absolute atomic E-state index is 0.120. The van der Waals surface area contributed by atoms with Gasteiger partial charge in [-0.05, 0) is 19.1 Å². The molecular formula is C16H17FN4O2S. The number of benzene rings is 1. The van der Waals surface area contributed by atoms with Gasteiger partial charge in [-0.1, -0.05) is 12.1 Å². The molecule has 1 aromatic carbocycles. The Balaban J connectivity index is 1.72. The van der Waals surface area contributed by atoms with E-state index in [0.717, 1.165) is 0 Å². The summed E-state index contributed by atoms with van der Waals surface area (Å²) in [4.78, 5) is 30.6. The zero-order valence-corrected chi connectivity index (χ0v) is 13.9. The van der Waals surface area contributed by atoms with E-state index in [1.807, 2.05) is 0 Å². The Morgan fingerprint density at radius 1 is 1.42 bits per heavy atom. The van der Waals surface area contributed by atoms with E-state index < -0.39 is 17.9 Å². The van der Waals surface area contributed by atoms with Crippen LogP contribution in [0.1, 0.15) is 13.0 Å². The first-order valence-electron chi connectivity index (χ1n) is 7.49. The van der Waals surface area contributed by atoms with Gasteiger partial charge in [0.25, 0.3) is 0 Å². The first-order chi connectivity index (χ1) is 11.6. The van der Waals surface area contributed by atoms with E-state index in [2.05, 4.69) is 10.3 Å². The molecule has 2 atom stereocenters. The number of halogens is 1. The molecule has 0 aliphatic carbocycles. The predicted molar refractivity (Wildman–Crippen MR) is 89.9 cm³/mol. The van der Waals surface area contributed by atoms with Crippen molar-refractivity contribution in [2.75, 3.05) is 16.9 Å². The predicted octanol–water partition coefficient (Wildman–Crippen LogP) is 2.12. The number of aromatic nitrogens is 2. The van der Waals surface area contributed by atoms with Crippen molar-refractivity contribution in [3.05, 3.63) is 48.8 Å². The third kappa shape index (κ3) is 3.28. The normalized spacial score (nSPS) is 18.4. The van der Waals surface area contributed by atoms with Crippen molar-refractivity contribution in [2.45, 2.75) is 19.0 Å². The van der Waals surface area contributed by atoms with Crippen molar-refractivity contribution in [1.29, 1.82) is 0 Å². The number of hydrogen-bond donors (Lipinski definition) is 1. The molecule has 2 heterocycles. The molecule has 1 aliphatic heterocycles. The molecule has 0 unspecified atom stereocenters. The standard InChI is InChI=1S/C16H17FN4O2S/c1-11(20-7-6-18-9-20)16(23)21-10-24-8-14(21)15(22)19-13-5-3-2-4-12(13)17/h2-7,9,11,14H,8,10H2,1H3,(H,19,22)/t11-,14-/m1/s1. The number of para-hydroxylation sites is 1. The third-order valence-corrected chi connectivity index (χ3v) is 4.94. The van der Waals surface area contributed by atoms with Crippen LogP contribution in [0.15, 0.2) is 43.0 Å². The van der Waals surface area contributed by atoms with Crippen molar-refractivity contribution in [3.8, 4) is 0 Å². The number of carbonyl (C=O) groups is 2. The summed E-state index contributed by atoms with van der Waals surface area (Å²) < 4.78 is 15.4. The average Bonchev–Trinajstić information content (AvgIpc) is 3.27. The highest BCUT2D eigenvalue weighted by atomic mass is 32.2. The van der Waals surface area contributed by atoms with E-state index in [9.17, 15) is 14.0 Å². The summed E-state index contributed by atoms with van der Waals surface area (Å²) in [5, 5.41) is 2.57. The summed E-state index contributed by atoms with van der Waals surface area (Å²) in [6.07, 6.45) is 4.88. The Bertz CT molecular complexity index is 737. The summed E-state index contributed by atoms with van der Waals surface area (Å²) in [5.41, 5.74) is 0.120. The molecule has 6 nitrogen and oxygen atoms in total. The molecule has 126 valence electrons. The number of carbonyl (C=O) groups excluding carboxylic acids is 2. The fourth-order valence-electron chi connectivity index (χ4n) is 2.52. The van der Waals surface area contributed by atoms with Crippen LogP contribution in [0.5, 0.6) is 0 Å². The van der Waals surface area contributed by atoms with Gasteiger partial charge in [-0.15, -0.1) is 11.8 Å². The number of nitrogens with zero attached hydrogens (tertiary/aromatic N) is 3. The monoisotopic (exact) mass is 348 g/mol. The topological polar surface area (TPSA) is 67.2 Å². The number of anilines is 1. The number of thioether (sulfide) groups is 1. The highest BCUT2D eigenvalue weighted by Gasteiger charge is 2.37. The molecular weight excluding hydrogens is 331 g/mol. The molecule has 1 N–H and O–H groups in total. The molecule has 1 aromatic heterocycles. The van der Waals surface area contributed by atoms with E-state index in [1.165, 1.54) is 28.8 Å². The second-order valence-electron chi connectivity index (χ2n) is 5.48. The largest absolute Gasteiger partial charge is 0.325 e. The van der Waals surface area contributed by atoms with Gasteiger partial charge in [0.05, 0.1) is 17.9 Å². The second kappa shape index (κ2) is 7.04. The zero-order chi connectivity index (χ0) is 17.1. The van der Waals surface area contributed by atoms with Gasteiger partial charge in [-0.3, -0.25) is 9.59 Å². The van der Waals surface area contributed by atoms with Gasteiger partial charge in [0, 0.05) is 18.1 Å². The zero-order valence-electron chi connectivity index (χ0n) is 13.1. The Labute approximate surface area is 143 Å². The van der Waals surface area contributed by atoms with Crippen molar-refractivity contribution in [2.24, 2.45) is 0 Å². The number of nitrogens with one attached hydrogen (secondary N) is 1. The highest BCUT2D eigenvalue weighted by Crippen LogP contribution is 2.25. The van der Waals surface area contributed by atoms with E-state index in [-0.39, 0.29) is 17.5 Å². The third-order valence-electron chi connectivity index (χ3n) is 3.93. The van der Waals surface area contributed by atoms with Gasteiger partial charge in [0.2, 0.25) is 11.8 Å². The molecule has 8 heteroatoms. The van der Waals surface area contributed by atoms with Crippen LogP contribution in [0.25, 0.3) is 0 Å². The molecule has 0 saturated carbocycles. The Morgan fingerprint density at radius 3 is 2.92 bits per heavy atom. The van der Waals surface area contributed by atoms with Gasteiger partial charge in [0.15, 0.2) is 0 Å². The van der Waals surface area contributed by atoms with Crippen molar-refractivity contribution in [3.63, 3.8) is 0 Å². The quantitative estimate of drug-likeness (QED) is 0.919. The molecule has 2 amide bonds. The molecule has 1 fully saturated rings. The fourth-order valence-corrected chi connectivity index (χ4v) is 3.69. The van der Waals surface area contributed by atoms with Gasteiger partial charge in [-0.2, -0.15) is 0 Å². The van der Waals surface area contributed by atoms with Crippen LogP contribution in [0.3, 0.4) is 0 Å². The molecule has 2 aromatic rings. The fraction of sp³-hybridized carbons (Fsp3) is 0.312. The Hall–Kier alpha value is -2.35.